The molecule has 3 aliphatic rings. The molecule has 8 heteroatoms. The second-order valence-electron chi connectivity index (χ2n) is 9.55. The van der Waals surface area contributed by atoms with Crippen molar-refractivity contribution in [1.29, 1.82) is 0 Å². The van der Waals surface area contributed by atoms with Crippen LogP contribution in [-0.4, -0.2) is 98.6 Å². The number of rotatable bonds is 6. The SMILES string of the molecule is CCNC(=NCC1(N2CCCCC2)CCN(C)CC1)N1CCC(CC(=O)NC)CC1.I. The third kappa shape index (κ3) is 7.45. The van der Waals surface area contributed by atoms with Gasteiger partial charge in [-0.05, 0) is 84.6 Å². The number of piperidine rings is 3. The maximum absolute atomic E-state index is 11.7. The summed E-state index contributed by atoms with van der Waals surface area (Å²) in [6, 6.07) is 0. The fourth-order valence-electron chi connectivity index (χ4n) is 5.34. The summed E-state index contributed by atoms with van der Waals surface area (Å²) in [5, 5.41) is 6.32. The molecule has 0 unspecified atom stereocenters. The van der Waals surface area contributed by atoms with Gasteiger partial charge >= 0.3 is 0 Å². The number of guanidine groups is 1. The molecule has 3 rings (SSSR count). The molecule has 180 valence electrons. The van der Waals surface area contributed by atoms with Gasteiger partial charge in [-0.15, -0.1) is 24.0 Å². The topological polar surface area (TPSA) is 63.2 Å². The van der Waals surface area contributed by atoms with E-state index in [1.165, 1.54) is 58.3 Å². The minimum Gasteiger partial charge on any atom is -0.359 e. The molecule has 0 aromatic rings. The highest BCUT2D eigenvalue weighted by atomic mass is 127. The van der Waals surface area contributed by atoms with Crippen molar-refractivity contribution < 1.29 is 4.79 Å². The molecule has 0 aromatic heterocycles. The Balaban J connectivity index is 0.00000341. The van der Waals surface area contributed by atoms with Crippen molar-refractivity contribution in [3.63, 3.8) is 0 Å². The third-order valence-electron chi connectivity index (χ3n) is 7.47. The van der Waals surface area contributed by atoms with Gasteiger partial charge in [0.15, 0.2) is 5.96 Å². The predicted molar refractivity (Wildman–Crippen MR) is 139 cm³/mol. The van der Waals surface area contributed by atoms with Gasteiger partial charge in [-0.25, -0.2) is 0 Å². The van der Waals surface area contributed by atoms with Crippen LogP contribution in [-0.2, 0) is 4.79 Å². The number of aliphatic imine (C=N–C) groups is 1. The maximum atomic E-state index is 11.7. The fourth-order valence-corrected chi connectivity index (χ4v) is 5.34. The van der Waals surface area contributed by atoms with Crippen molar-refractivity contribution in [2.75, 3.05) is 66.5 Å². The van der Waals surface area contributed by atoms with E-state index in [1.54, 1.807) is 7.05 Å². The van der Waals surface area contributed by atoms with Gasteiger partial charge in [0.1, 0.15) is 0 Å². The first-order chi connectivity index (χ1) is 14.6. The first-order valence-corrected chi connectivity index (χ1v) is 12.2. The molecule has 2 N–H and O–H groups in total. The number of amides is 1. The van der Waals surface area contributed by atoms with Crippen molar-refractivity contribution in [1.82, 2.24) is 25.3 Å². The minimum atomic E-state index is 0. The lowest BCUT2D eigenvalue weighted by Crippen LogP contribution is -2.58. The van der Waals surface area contributed by atoms with E-state index in [2.05, 4.69) is 39.3 Å². The average molecular weight is 549 g/mol. The van der Waals surface area contributed by atoms with E-state index >= 15 is 0 Å². The molecular weight excluding hydrogens is 503 g/mol. The predicted octanol–water partition coefficient (Wildman–Crippen LogP) is 2.37. The van der Waals surface area contributed by atoms with Crippen molar-refractivity contribution in [2.45, 2.75) is 63.8 Å². The second-order valence-corrected chi connectivity index (χ2v) is 9.55. The number of hydrogen-bond donors (Lipinski definition) is 2. The minimum absolute atomic E-state index is 0. The van der Waals surface area contributed by atoms with Crippen molar-refractivity contribution in [3.05, 3.63) is 0 Å². The lowest BCUT2D eigenvalue weighted by Gasteiger charge is -2.49. The molecule has 3 aliphatic heterocycles. The first-order valence-electron chi connectivity index (χ1n) is 12.2. The molecule has 0 spiro atoms. The van der Waals surface area contributed by atoms with Crippen LogP contribution in [0.1, 0.15) is 58.3 Å². The fraction of sp³-hybridized carbons (Fsp3) is 0.913. The van der Waals surface area contributed by atoms with Crippen LogP contribution in [0.25, 0.3) is 0 Å². The van der Waals surface area contributed by atoms with E-state index in [1.807, 2.05) is 0 Å². The van der Waals surface area contributed by atoms with Gasteiger partial charge in [0.2, 0.25) is 5.91 Å². The Morgan fingerprint density at radius 3 is 2.26 bits per heavy atom. The molecular formula is C23H45IN6O. The summed E-state index contributed by atoms with van der Waals surface area (Å²) in [6.45, 7) is 10.8. The lowest BCUT2D eigenvalue weighted by atomic mass is 9.84. The summed E-state index contributed by atoms with van der Waals surface area (Å²) >= 11 is 0. The monoisotopic (exact) mass is 548 g/mol. The zero-order valence-electron chi connectivity index (χ0n) is 20.0. The average Bonchev–Trinajstić information content (AvgIpc) is 2.79. The number of nitrogens with one attached hydrogen (secondary N) is 2. The summed E-state index contributed by atoms with van der Waals surface area (Å²) < 4.78 is 0. The molecule has 1 amide bonds. The van der Waals surface area contributed by atoms with Crippen LogP contribution in [0.5, 0.6) is 0 Å². The molecule has 3 saturated heterocycles. The van der Waals surface area contributed by atoms with Gasteiger partial charge in [0.05, 0.1) is 6.54 Å². The molecule has 7 nitrogen and oxygen atoms in total. The van der Waals surface area contributed by atoms with Crippen LogP contribution in [0.4, 0.5) is 0 Å². The van der Waals surface area contributed by atoms with E-state index in [0.29, 0.717) is 12.3 Å². The van der Waals surface area contributed by atoms with E-state index in [-0.39, 0.29) is 35.4 Å². The number of halogens is 1. The van der Waals surface area contributed by atoms with Gasteiger partial charge in [-0.2, -0.15) is 0 Å². The van der Waals surface area contributed by atoms with Crippen LogP contribution in [0, 0.1) is 5.92 Å². The lowest BCUT2D eigenvalue weighted by molar-refractivity contribution is -0.121. The molecule has 0 saturated carbocycles. The molecule has 3 heterocycles. The number of carbonyl (C=O) groups excluding carboxylic acids is 1. The van der Waals surface area contributed by atoms with Gasteiger partial charge in [0.25, 0.3) is 0 Å². The van der Waals surface area contributed by atoms with E-state index < -0.39 is 0 Å². The van der Waals surface area contributed by atoms with Gasteiger partial charge in [-0.1, -0.05) is 6.42 Å². The zero-order valence-corrected chi connectivity index (χ0v) is 22.3. The van der Waals surface area contributed by atoms with Crippen LogP contribution in [0.3, 0.4) is 0 Å². The number of hydrogen-bond acceptors (Lipinski definition) is 4. The molecule has 3 fully saturated rings. The summed E-state index contributed by atoms with van der Waals surface area (Å²) in [4.78, 5) is 24.6. The van der Waals surface area contributed by atoms with Gasteiger partial charge in [-0.3, -0.25) is 14.7 Å². The van der Waals surface area contributed by atoms with Crippen LogP contribution in [0.2, 0.25) is 0 Å². The van der Waals surface area contributed by atoms with Gasteiger partial charge < -0.3 is 20.4 Å². The Morgan fingerprint density at radius 2 is 1.68 bits per heavy atom. The highest BCUT2D eigenvalue weighted by Gasteiger charge is 2.39. The molecule has 0 aliphatic carbocycles. The second kappa shape index (κ2) is 13.2. The Morgan fingerprint density at radius 1 is 1.03 bits per heavy atom. The normalized spacial score (nSPS) is 23.8. The zero-order chi connectivity index (χ0) is 21.4. The highest BCUT2D eigenvalue weighted by molar-refractivity contribution is 14.0. The number of likely N-dealkylation sites (tertiary alicyclic amines) is 3. The van der Waals surface area contributed by atoms with Crippen molar-refractivity contribution in [3.8, 4) is 0 Å². The van der Waals surface area contributed by atoms with Crippen molar-refractivity contribution >= 4 is 35.8 Å². The van der Waals surface area contributed by atoms with Gasteiger partial charge in [0, 0.05) is 38.6 Å². The van der Waals surface area contributed by atoms with Crippen LogP contribution >= 0.6 is 24.0 Å². The van der Waals surface area contributed by atoms with E-state index in [9.17, 15) is 4.79 Å². The maximum Gasteiger partial charge on any atom is 0.220 e. The highest BCUT2D eigenvalue weighted by Crippen LogP contribution is 2.32. The Labute approximate surface area is 206 Å². The first kappa shape index (κ1) is 26.6. The van der Waals surface area contributed by atoms with Crippen molar-refractivity contribution in [2.24, 2.45) is 10.9 Å². The molecule has 0 bridgehead atoms. The molecule has 0 aromatic carbocycles. The summed E-state index contributed by atoms with van der Waals surface area (Å²) in [5.74, 6) is 1.74. The van der Waals surface area contributed by atoms with Crippen LogP contribution in [0.15, 0.2) is 4.99 Å². The number of nitrogens with zero attached hydrogens (tertiary/aromatic N) is 4. The largest absolute Gasteiger partial charge is 0.359 e. The Hall–Kier alpha value is -0.610. The Kier molecular flexibility index (Phi) is 11.3. The standard InChI is InChI=1S/C23H44N6O.HI/c1-4-25-22(28-14-8-20(9-15-28)18-21(30)24-2)26-19-23(10-16-27(3)17-11-23)29-12-6-5-7-13-29;/h20H,4-19H2,1-3H3,(H,24,30)(H,25,26);1H. The van der Waals surface area contributed by atoms with E-state index in [4.69, 9.17) is 4.99 Å². The molecule has 0 radical (unpaired) electrons. The Bertz CT molecular complexity index is 564. The smallest absolute Gasteiger partial charge is 0.220 e. The summed E-state index contributed by atoms with van der Waals surface area (Å²) in [5.41, 5.74) is 0.227. The molecule has 31 heavy (non-hydrogen) atoms. The third-order valence-corrected chi connectivity index (χ3v) is 7.47. The summed E-state index contributed by atoms with van der Waals surface area (Å²) in [7, 11) is 3.98. The molecule has 0 atom stereocenters. The quantitative estimate of drug-likeness (QED) is 0.303. The summed E-state index contributed by atoms with van der Waals surface area (Å²) in [6.07, 6.45) is 9.29. The van der Waals surface area contributed by atoms with Crippen LogP contribution < -0.4 is 10.6 Å². The number of carbonyl (C=O) groups is 1. The van der Waals surface area contributed by atoms with E-state index in [0.717, 1.165) is 45.0 Å².